The minimum Gasteiger partial charge on any atom is -0.497 e. The number of nitrogens with two attached hydrogens (primary N) is 1. The van der Waals surface area contributed by atoms with Gasteiger partial charge in [0.25, 0.3) is 0 Å². The van der Waals surface area contributed by atoms with Crippen molar-refractivity contribution in [2.45, 2.75) is 6.18 Å². The van der Waals surface area contributed by atoms with Crippen molar-refractivity contribution in [2.24, 2.45) is 0 Å². The fourth-order valence-corrected chi connectivity index (χ4v) is 1.01. The number of allylic oxidation sites excluding steroid dienone is 1. The summed E-state index contributed by atoms with van der Waals surface area (Å²) in [6.45, 7) is 0. The predicted octanol–water partition coefficient (Wildman–Crippen LogP) is 2.85. The monoisotopic (exact) mass is 217 g/mol. The SMILES string of the molecule is COc1ccc(N)c(/C=C/C(F)(F)F)c1. The van der Waals surface area contributed by atoms with Crippen molar-refractivity contribution in [1.82, 2.24) is 0 Å². The Morgan fingerprint density at radius 3 is 2.53 bits per heavy atom. The fraction of sp³-hybridized carbons (Fsp3) is 0.200. The van der Waals surface area contributed by atoms with Crippen molar-refractivity contribution in [3.8, 4) is 5.75 Å². The van der Waals surface area contributed by atoms with Crippen LogP contribution in [0.5, 0.6) is 5.75 Å². The van der Waals surface area contributed by atoms with Crippen LogP contribution in [-0.4, -0.2) is 13.3 Å². The van der Waals surface area contributed by atoms with Crippen LogP contribution in [0.15, 0.2) is 24.3 Å². The molecule has 2 nitrogen and oxygen atoms in total. The molecule has 0 aliphatic heterocycles. The first-order valence-electron chi connectivity index (χ1n) is 4.12. The van der Waals surface area contributed by atoms with Gasteiger partial charge in [-0.25, -0.2) is 0 Å². The summed E-state index contributed by atoms with van der Waals surface area (Å²) < 4.78 is 40.6. The van der Waals surface area contributed by atoms with Gasteiger partial charge in [-0.1, -0.05) is 0 Å². The van der Waals surface area contributed by atoms with Crippen molar-refractivity contribution in [1.29, 1.82) is 0 Å². The summed E-state index contributed by atoms with van der Waals surface area (Å²) in [5.41, 5.74) is 6.06. The van der Waals surface area contributed by atoms with E-state index >= 15 is 0 Å². The van der Waals surface area contributed by atoms with E-state index in [1.165, 1.54) is 19.2 Å². The molecule has 1 aromatic carbocycles. The predicted molar refractivity (Wildman–Crippen MR) is 52.5 cm³/mol. The molecule has 0 heterocycles. The lowest BCUT2D eigenvalue weighted by atomic mass is 10.1. The summed E-state index contributed by atoms with van der Waals surface area (Å²) in [7, 11) is 1.43. The zero-order chi connectivity index (χ0) is 11.5. The molecule has 0 aliphatic carbocycles. The largest absolute Gasteiger partial charge is 0.497 e. The molecule has 0 spiro atoms. The van der Waals surface area contributed by atoms with Gasteiger partial charge in [0.1, 0.15) is 5.75 Å². The van der Waals surface area contributed by atoms with E-state index in [-0.39, 0.29) is 17.3 Å². The Balaban J connectivity index is 2.98. The number of nitrogen functional groups attached to an aromatic ring is 1. The van der Waals surface area contributed by atoms with Crippen LogP contribution < -0.4 is 10.5 Å². The molecule has 82 valence electrons. The van der Waals surface area contributed by atoms with E-state index in [0.717, 1.165) is 6.08 Å². The number of hydrogen-bond donors (Lipinski definition) is 1. The van der Waals surface area contributed by atoms with Gasteiger partial charge in [-0.05, 0) is 24.3 Å². The van der Waals surface area contributed by atoms with E-state index in [4.69, 9.17) is 10.5 Å². The molecule has 0 bridgehead atoms. The highest BCUT2D eigenvalue weighted by Crippen LogP contribution is 2.23. The lowest BCUT2D eigenvalue weighted by Gasteiger charge is -2.04. The molecule has 0 atom stereocenters. The zero-order valence-corrected chi connectivity index (χ0v) is 8.01. The molecule has 0 aromatic heterocycles. The second-order valence-electron chi connectivity index (χ2n) is 2.87. The summed E-state index contributed by atoms with van der Waals surface area (Å²) in [5.74, 6) is 0.464. The molecule has 1 rings (SSSR count). The van der Waals surface area contributed by atoms with Crippen LogP contribution in [0.2, 0.25) is 0 Å². The van der Waals surface area contributed by atoms with E-state index in [0.29, 0.717) is 5.75 Å². The number of benzene rings is 1. The molecule has 0 saturated carbocycles. The highest BCUT2D eigenvalue weighted by molar-refractivity contribution is 5.66. The maximum atomic E-state index is 11.9. The van der Waals surface area contributed by atoms with Gasteiger partial charge in [0.05, 0.1) is 7.11 Å². The number of alkyl halides is 3. The quantitative estimate of drug-likeness (QED) is 0.773. The van der Waals surface area contributed by atoms with Crippen molar-refractivity contribution in [3.05, 3.63) is 29.8 Å². The molecule has 0 radical (unpaired) electrons. The van der Waals surface area contributed by atoms with Gasteiger partial charge >= 0.3 is 6.18 Å². The van der Waals surface area contributed by atoms with Crippen LogP contribution in [0, 0.1) is 0 Å². The minimum atomic E-state index is -4.34. The summed E-state index contributed by atoms with van der Waals surface area (Å²) in [5, 5.41) is 0. The third-order valence-electron chi connectivity index (χ3n) is 1.75. The van der Waals surface area contributed by atoms with E-state index < -0.39 is 6.18 Å². The highest BCUT2D eigenvalue weighted by Gasteiger charge is 2.21. The fourth-order valence-electron chi connectivity index (χ4n) is 1.01. The van der Waals surface area contributed by atoms with Crippen molar-refractivity contribution < 1.29 is 17.9 Å². The summed E-state index contributed by atoms with van der Waals surface area (Å²) in [6, 6.07) is 4.52. The van der Waals surface area contributed by atoms with Crippen LogP contribution in [0.25, 0.3) is 6.08 Å². The number of halogens is 3. The van der Waals surface area contributed by atoms with E-state index in [2.05, 4.69) is 0 Å². The molecule has 0 fully saturated rings. The van der Waals surface area contributed by atoms with E-state index in [1.54, 1.807) is 6.07 Å². The number of anilines is 1. The summed E-state index contributed by atoms with van der Waals surface area (Å²) in [6.07, 6.45) is -3.29. The first-order valence-corrected chi connectivity index (χ1v) is 4.12. The van der Waals surface area contributed by atoms with Crippen LogP contribution >= 0.6 is 0 Å². The smallest absolute Gasteiger partial charge is 0.409 e. The molecule has 0 saturated heterocycles. The Bertz CT molecular complexity index is 371. The average Bonchev–Trinajstić information content (AvgIpc) is 2.15. The molecular formula is C10H10F3NO. The topological polar surface area (TPSA) is 35.2 Å². The Morgan fingerprint density at radius 2 is 2.00 bits per heavy atom. The van der Waals surface area contributed by atoms with Gasteiger partial charge in [-0.2, -0.15) is 13.2 Å². The maximum absolute atomic E-state index is 11.9. The van der Waals surface area contributed by atoms with E-state index in [1.807, 2.05) is 0 Å². The summed E-state index contributed by atoms with van der Waals surface area (Å²) >= 11 is 0. The van der Waals surface area contributed by atoms with E-state index in [9.17, 15) is 13.2 Å². The van der Waals surface area contributed by atoms with Crippen molar-refractivity contribution in [2.75, 3.05) is 12.8 Å². The van der Waals surface area contributed by atoms with Crippen LogP contribution in [-0.2, 0) is 0 Å². The Kier molecular flexibility index (Phi) is 3.24. The number of methoxy groups -OCH3 is 1. The number of hydrogen-bond acceptors (Lipinski definition) is 2. The van der Waals surface area contributed by atoms with Gasteiger partial charge in [0, 0.05) is 17.3 Å². The number of rotatable bonds is 2. The first kappa shape index (κ1) is 11.4. The van der Waals surface area contributed by atoms with Crippen LogP contribution in [0.4, 0.5) is 18.9 Å². The minimum absolute atomic E-state index is 0.137. The third kappa shape index (κ3) is 3.53. The molecule has 2 N–H and O–H groups in total. The third-order valence-corrected chi connectivity index (χ3v) is 1.75. The van der Waals surface area contributed by atoms with Crippen LogP contribution in [0.3, 0.4) is 0 Å². The molecule has 1 aromatic rings. The maximum Gasteiger partial charge on any atom is 0.409 e. The van der Waals surface area contributed by atoms with Gasteiger partial charge in [-0.3, -0.25) is 0 Å². The molecule has 5 heteroatoms. The highest BCUT2D eigenvalue weighted by atomic mass is 19.4. The van der Waals surface area contributed by atoms with Crippen molar-refractivity contribution >= 4 is 11.8 Å². The Hall–Kier alpha value is -1.65. The second-order valence-corrected chi connectivity index (χ2v) is 2.87. The zero-order valence-electron chi connectivity index (χ0n) is 8.01. The van der Waals surface area contributed by atoms with Gasteiger partial charge < -0.3 is 10.5 Å². The van der Waals surface area contributed by atoms with Gasteiger partial charge in [0.2, 0.25) is 0 Å². The molecule has 15 heavy (non-hydrogen) atoms. The normalized spacial score (nSPS) is 12.0. The molecular weight excluding hydrogens is 207 g/mol. The first-order chi connectivity index (χ1) is 6.92. The Labute approximate surface area is 85.2 Å². The van der Waals surface area contributed by atoms with Gasteiger partial charge in [-0.15, -0.1) is 0 Å². The number of ether oxygens (including phenoxy) is 1. The molecule has 0 aliphatic rings. The summed E-state index contributed by atoms with van der Waals surface area (Å²) in [4.78, 5) is 0. The van der Waals surface area contributed by atoms with Crippen LogP contribution in [0.1, 0.15) is 5.56 Å². The van der Waals surface area contributed by atoms with Gasteiger partial charge in [0.15, 0.2) is 0 Å². The molecule has 0 unspecified atom stereocenters. The average molecular weight is 217 g/mol. The molecule has 0 amide bonds. The van der Waals surface area contributed by atoms with Crippen molar-refractivity contribution in [3.63, 3.8) is 0 Å². The second kappa shape index (κ2) is 4.25. The lowest BCUT2D eigenvalue weighted by molar-refractivity contribution is -0.0790. The standard InChI is InChI=1S/C10H10F3NO/c1-15-8-2-3-9(14)7(6-8)4-5-10(11,12)13/h2-6H,14H2,1H3/b5-4+. The lowest BCUT2D eigenvalue weighted by Crippen LogP contribution is -2.00. The Morgan fingerprint density at radius 1 is 1.33 bits per heavy atom.